The van der Waals surface area contributed by atoms with Gasteiger partial charge >= 0.3 is 5.97 Å². The molecule has 1 aromatic heterocycles. The highest BCUT2D eigenvalue weighted by Crippen LogP contribution is 2.21. The van der Waals surface area contributed by atoms with Crippen molar-refractivity contribution >= 4 is 24.9 Å². The molecule has 0 aliphatic carbocycles. The number of carbonyl (C=O) groups excluding carboxylic acids is 1. The van der Waals surface area contributed by atoms with Crippen LogP contribution < -0.4 is 5.32 Å². The van der Waals surface area contributed by atoms with Crippen LogP contribution in [0.3, 0.4) is 0 Å². The molecule has 0 amide bonds. The first kappa shape index (κ1) is 19.4. The van der Waals surface area contributed by atoms with Gasteiger partial charge in [0.25, 0.3) is 0 Å². The maximum Gasteiger partial charge on any atom is 0.321 e. The highest BCUT2D eigenvalue weighted by atomic mass is 32.1. The van der Waals surface area contributed by atoms with E-state index in [1.54, 1.807) is 6.92 Å². The zero-order valence-corrected chi connectivity index (χ0v) is 12.8. The molecule has 0 aliphatic heterocycles. The van der Waals surface area contributed by atoms with Crippen molar-refractivity contribution in [1.82, 2.24) is 10.3 Å². The number of carboxylic acids is 1. The van der Waals surface area contributed by atoms with Crippen molar-refractivity contribution in [2.24, 2.45) is 0 Å². The van der Waals surface area contributed by atoms with Crippen molar-refractivity contribution in [3.63, 3.8) is 0 Å². The Bertz CT molecular complexity index is 482. The van der Waals surface area contributed by atoms with Crippen molar-refractivity contribution in [3.05, 3.63) is 23.0 Å². The number of nitrogens with zero attached hydrogens (tertiary/aromatic N) is 1. The van der Waals surface area contributed by atoms with E-state index in [9.17, 15) is 14.7 Å². The molecule has 1 unspecified atom stereocenters. The van der Waals surface area contributed by atoms with Crippen LogP contribution in [-0.4, -0.2) is 50.9 Å². The third-order valence-electron chi connectivity index (χ3n) is 2.58. The molecule has 0 radical (unpaired) electrons. The Labute approximate surface area is 128 Å². The second-order valence-electron chi connectivity index (χ2n) is 4.04. The smallest absolute Gasteiger partial charge is 0.321 e. The molecule has 118 valence electrons. The largest absolute Gasteiger partial charge is 0.505 e. The minimum absolute atomic E-state index is 0.116. The maximum absolute atomic E-state index is 10.5. The Morgan fingerprint density at radius 2 is 2.19 bits per heavy atom. The number of hydrogen-bond acceptors (Lipinski definition) is 7. The Balaban J connectivity index is 0.000000400. The highest BCUT2D eigenvalue weighted by molar-refractivity contribution is 7.80. The molecular weight excluding hydrogens is 296 g/mol. The Kier molecular flexibility index (Phi) is 9.35. The second kappa shape index (κ2) is 10.1. The lowest BCUT2D eigenvalue weighted by molar-refractivity contribution is -0.138. The first-order chi connectivity index (χ1) is 9.92. The number of aliphatic hydroxyl groups is 1. The lowest BCUT2D eigenvalue weighted by Crippen LogP contribution is -2.37. The molecule has 0 bridgehead atoms. The van der Waals surface area contributed by atoms with Gasteiger partial charge in [-0.05, 0) is 13.5 Å². The van der Waals surface area contributed by atoms with Crippen LogP contribution in [0.4, 0.5) is 0 Å². The molecule has 4 N–H and O–H groups in total. The van der Waals surface area contributed by atoms with Crippen molar-refractivity contribution in [2.75, 3.05) is 12.3 Å². The third kappa shape index (κ3) is 6.11. The average Bonchev–Trinajstić information content (AvgIpc) is 2.47. The molecule has 1 atom stereocenters. The Morgan fingerprint density at radius 1 is 1.57 bits per heavy atom. The van der Waals surface area contributed by atoms with Crippen LogP contribution in [0.2, 0.25) is 0 Å². The number of nitrogens with one attached hydrogen (secondary N) is 1. The lowest BCUT2D eigenvalue weighted by Gasteiger charge is -2.07. The van der Waals surface area contributed by atoms with Gasteiger partial charge in [-0.25, -0.2) is 0 Å². The zero-order valence-electron chi connectivity index (χ0n) is 11.9. The van der Waals surface area contributed by atoms with Gasteiger partial charge in [-0.1, -0.05) is 6.92 Å². The van der Waals surface area contributed by atoms with Crippen LogP contribution >= 0.6 is 12.6 Å². The van der Waals surface area contributed by atoms with E-state index in [1.165, 1.54) is 6.20 Å². The minimum Gasteiger partial charge on any atom is -0.505 e. The number of thiol groups is 1. The molecule has 1 rings (SSSR count). The third-order valence-corrected chi connectivity index (χ3v) is 2.94. The van der Waals surface area contributed by atoms with E-state index in [2.05, 4.69) is 22.9 Å². The van der Waals surface area contributed by atoms with Crippen LogP contribution in [-0.2, 0) is 11.4 Å². The molecule has 1 heterocycles. The van der Waals surface area contributed by atoms with Crippen LogP contribution in [0.15, 0.2) is 6.20 Å². The van der Waals surface area contributed by atoms with E-state index in [0.29, 0.717) is 29.8 Å². The molecule has 21 heavy (non-hydrogen) atoms. The topological polar surface area (TPSA) is 120 Å². The number of aliphatic carboxylic acids is 1. The van der Waals surface area contributed by atoms with Gasteiger partial charge in [0.15, 0.2) is 6.29 Å². The maximum atomic E-state index is 10.5. The standard InChI is InChI=1S/C8H9NO3.C5H11NO2S/c1-5-8(12)7(4-11)6(3-10)2-9-5;1-2-6-4(3-9)5(7)8/h2,4,10,12H,3H2,1H3;4,6,9H,2-3H2,1H3,(H,7,8). The summed E-state index contributed by atoms with van der Waals surface area (Å²) in [7, 11) is 0. The number of aldehydes is 1. The minimum atomic E-state index is -0.841. The van der Waals surface area contributed by atoms with E-state index in [-0.39, 0.29) is 17.9 Å². The fraction of sp³-hybridized carbons (Fsp3) is 0.462. The van der Waals surface area contributed by atoms with Gasteiger partial charge in [-0.2, -0.15) is 12.6 Å². The lowest BCUT2D eigenvalue weighted by atomic mass is 10.1. The molecule has 0 aliphatic rings. The Morgan fingerprint density at radius 3 is 2.52 bits per heavy atom. The van der Waals surface area contributed by atoms with Crippen molar-refractivity contribution in [3.8, 4) is 5.75 Å². The van der Waals surface area contributed by atoms with E-state index in [1.807, 2.05) is 6.92 Å². The van der Waals surface area contributed by atoms with Crippen molar-refractivity contribution in [1.29, 1.82) is 0 Å². The van der Waals surface area contributed by atoms with Gasteiger partial charge < -0.3 is 20.6 Å². The Hall–Kier alpha value is -1.64. The van der Waals surface area contributed by atoms with Crippen LogP contribution in [0.25, 0.3) is 0 Å². The van der Waals surface area contributed by atoms with E-state index >= 15 is 0 Å². The fourth-order valence-corrected chi connectivity index (χ4v) is 1.67. The van der Waals surface area contributed by atoms with Crippen molar-refractivity contribution in [2.45, 2.75) is 26.5 Å². The SMILES string of the molecule is CCNC(CS)C(=O)O.Cc1ncc(CO)c(C=O)c1O. The van der Waals surface area contributed by atoms with Crippen LogP contribution in [0.1, 0.15) is 28.5 Å². The predicted octanol–water partition coefficient (Wildman–Crippen LogP) is 0.379. The van der Waals surface area contributed by atoms with E-state index in [0.717, 1.165) is 0 Å². The number of likely N-dealkylation sites (N-methyl/N-ethyl adjacent to an activating group) is 1. The number of aromatic hydroxyl groups is 1. The second-order valence-corrected chi connectivity index (χ2v) is 4.40. The number of aliphatic hydroxyl groups excluding tert-OH is 1. The van der Waals surface area contributed by atoms with Gasteiger partial charge in [0, 0.05) is 17.5 Å². The van der Waals surface area contributed by atoms with Crippen LogP contribution in [0.5, 0.6) is 5.75 Å². The summed E-state index contributed by atoms with van der Waals surface area (Å²) in [5, 5.41) is 29.2. The van der Waals surface area contributed by atoms with Gasteiger partial charge in [0.1, 0.15) is 11.8 Å². The van der Waals surface area contributed by atoms with Gasteiger partial charge in [0.2, 0.25) is 0 Å². The van der Waals surface area contributed by atoms with Gasteiger partial charge in [-0.3, -0.25) is 14.6 Å². The average molecular weight is 316 g/mol. The van der Waals surface area contributed by atoms with Gasteiger partial charge in [0.05, 0.1) is 17.9 Å². The number of hydrogen-bond donors (Lipinski definition) is 5. The summed E-state index contributed by atoms with van der Waals surface area (Å²) in [5.74, 6) is -0.660. The molecule has 0 saturated heterocycles. The number of aromatic nitrogens is 1. The number of carbonyl (C=O) groups is 2. The summed E-state index contributed by atoms with van der Waals surface area (Å²) in [6.07, 6.45) is 1.88. The number of aryl methyl sites for hydroxylation is 1. The predicted molar refractivity (Wildman–Crippen MR) is 80.9 cm³/mol. The molecule has 7 nitrogen and oxygen atoms in total. The summed E-state index contributed by atoms with van der Waals surface area (Å²) in [4.78, 5) is 24.5. The normalized spacial score (nSPS) is 11.2. The van der Waals surface area contributed by atoms with E-state index < -0.39 is 12.0 Å². The fourth-order valence-electron chi connectivity index (χ4n) is 1.39. The number of rotatable bonds is 6. The first-order valence-electron chi connectivity index (χ1n) is 6.23. The molecule has 1 aromatic rings. The highest BCUT2D eigenvalue weighted by Gasteiger charge is 2.12. The summed E-state index contributed by atoms with van der Waals surface area (Å²) in [6, 6.07) is -0.502. The molecule has 8 heteroatoms. The monoisotopic (exact) mass is 316 g/mol. The number of pyridine rings is 1. The summed E-state index contributed by atoms with van der Waals surface area (Å²) >= 11 is 3.85. The summed E-state index contributed by atoms with van der Waals surface area (Å²) < 4.78 is 0. The molecule has 0 fully saturated rings. The van der Waals surface area contributed by atoms with Crippen molar-refractivity contribution < 1.29 is 24.9 Å². The molecule has 0 aromatic carbocycles. The van der Waals surface area contributed by atoms with Crippen LogP contribution in [0, 0.1) is 6.92 Å². The summed E-state index contributed by atoms with van der Waals surface area (Å²) in [5.41, 5.74) is 0.840. The quantitative estimate of drug-likeness (QED) is 0.380. The summed E-state index contributed by atoms with van der Waals surface area (Å²) in [6.45, 7) is 3.81. The van der Waals surface area contributed by atoms with E-state index in [4.69, 9.17) is 10.2 Å². The van der Waals surface area contributed by atoms with Gasteiger partial charge in [-0.15, -0.1) is 0 Å². The zero-order chi connectivity index (χ0) is 16.4. The molecule has 0 saturated carbocycles. The first-order valence-corrected chi connectivity index (χ1v) is 6.86. The molecular formula is C13H20N2O5S. The number of carboxylic acid groups (broad SMARTS) is 1. The molecule has 0 spiro atoms.